The van der Waals surface area contributed by atoms with Crippen molar-refractivity contribution < 1.29 is 8.78 Å². The zero-order valence-corrected chi connectivity index (χ0v) is 35.7. The van der Waals surface area contributed by atoms with E-state index in [2.05, 4.69) is 110 Å². The summed E-state index contributed by atoms with van der Waals surface area (Å²) in [6, 6.07) is 13.1. The zero-order valence-electron chi connectivity index (χ0n) is 33.2. The molecule has 56 heavy (non-hydrogen) atoms. The number of nitrogens with one attached hydrogen (secondary N) is 2. The molecular formula is C43H53BrF2N9P. The van der Waals surface area contributed by atoms with Gasteiger partial charge in [-0.15, -0.1) is 0 Å². The Hall–Kier alpha value is -3.96. The van der Waals surface area contributed by atoms with Gasteiger partial charge in [-0.1, -0.05) is 27.0 Å². The molecule has 0 unspecified atom stereocenters. The molecule has 4 heterocycles. The Kier molecular flexibility index (Phi) is 12.4. The second kappa shape index (κ2) is 17.3. The van der Waals surface area contributed by atoms with E-state index in [9.17, 15) is 8.78 Å². The lowest BCUT2D eigenvalue weighted by atomic mass is 9.99. The lowest BCUT2D eigenvalue weighted by Gasteiger charge is -2.43. The second-order valence-corrected chi connectivity index (χ2v) is 20.3. The number of anilines is 5. The first-order valence-corrected chi connectivity index (χ1v) is 23.4. The molecule has 0 radical (unpaired) electrons. The molecule has 0 atom stereocenters. The van der Waals surface area contributed by atoms with E-state index in [0.717, 1.165) is 121 Å². The summed E-state index contributed by atoms with van der Waals surface area (Å²) in [6.45, 7) is 16.0. The number of aryl methyl sites for hydroxylation is 3. The number of aromatic nitrogens is 4. The van der Waals surface area contributed by atoms with Crippen LogP contribution in [0.15, 0.2) is 59.3 Å². The van der Waals surface area contributed by atoms with Crippen LogP contribution in [0, 0.1) is 18.6 Å². The number of fused-ring (bicyclic) bond motifs is 1. The summed E-state index contributed by atoms with van der Waals surface area (Å²) in [4.78, 5) is 26.6. The fourth-order valence-corrected chi connectivity index (χ4v) is 10.1. The number of nitrogens with zero attached hydrogens (tertiary/aromatic N) is 7. The van der Waals surface area contributed by atoms with E-state index in [1.807, 2.05) is 12.3 Å². The molecule has 296 valence electrons. The van der Waals surface area contributed by atoms with E-state index in [-0.39, 0.29) is 0 Å². The predicted molar refractivity (Wildman–Crippen MR) is 235 cm³/mol. The highest BCUT2D eigenvalue weighted by atomic mass is 79.9. The van der Waals surface area contributed by atoms with Crippen LogP contribution in [0.5, 0.6) is 0 Å². The van der Waals surface area contributed by atoms with Crippen LogP contribution in [-0.4, -0.2) is 101 Å². The van der Waals surface area contributed by atoms with Crippen LogP contribution in [-0.2, 0) is 19.3 Å². The van der Waals surface area contributed by atoms with Gasteiger partial charge < -0.3 is 20.4 Å². The topological polar surface area (TPSA) is 85.3 Å². The first-order chi connectivity index (χ1) is 26.9. The Labute approximate surface area is 338 Å². The van der Waals surface area contributed by atoms with Crippen LogP contribution in [0.3, 0.4) is 0 Å². The molecule has 5 aromatic rings. The van der Waals surface area contributed by atoms with Crippen molar-refractivity contribution in [2.75, 3.05) is 74.7 Å². The van der Waals surface area contributed by atoms with E-state index in [4.69, 9.17) is 9.97 Å². The van der Waals surface area contributed by atoms with Gasteiger partial charge in [0.25, 0.3) is 0 Å². The maximum absolute atomic E-state index is 13.6. The van der Waals surface area contributed by atoms with Crippen LogP contribution >= 0.6 is 22.8 Å². The quantitative estimate of drug-likeness (QED) is 0.120. The molecule has 0 amide bonds. The van der Waals surface area contributed by atoms with Gasteiger partial charge in [-0.25, -0.2) is 23.7 Å². The molecule has 13 heteroatoms. The average Bonchev–Trinajstić information content (AvgIpc) is 3.17. The molecule has 9 nitrogen and oxygen atoms in total. The fourth-order valence-electron chi connectivity index (χ4n) is 8.17. The van der Waals surface area contributed by atoms with E-state index in [1.54, 1.807) is 6.20 Å². The number of piperidine rings is 1. The monoisotopic (exact) mass is 843 g/mol. The number of benzene rings is 3. The average molecular weight is 845 g/mol. The Morgan fingerprint density at radius 3 is 2.27 bits per heavy atom. The largest absolute Gasteiger partial charge is 0.371 e. The van der Waals surface area contributed by atoms with Crippen molar-refractivity contribution >= 4 is 74.2 Å². The van der Waals surface area contributed by atoms with Gasteiger partial charge >= 0.3 is 0 Å². The molecule has 0 saturated carbocycles. The summed E-state index contributed by atoms with van der Waals surface area (Å²) in [5.41, 5.74) is 7.35. The van der Waals surface area contributed by atoms with Crippen molar-refractivity contribution in [1.82, 2.24) is 29.7 Å². The van der Waals surface area contributed by atoms with Crippen LogP contribution in [0.1, 0.15) is 49.2 Å². The highest BCUT2D eigenvalue weighted by Gasteiger charge is 2.28. The first-order valence-electron chi connectivity index (χ1n) is 19.7. The number of rotatable bonds is 12. The third-order valence-corrected chi connectivity index (χ3v) is 13.4. The third kappa shape index (κ3) is 9.25. The summed E-state index contributed by atoms with van der Waals surface area (Å²) in [5, 5.41) is 9.29. The Balaban J connectivity index is 0.987. The van der Waals surface area contributed by atoms with Gasteiger partial charge in [-0.05, 0) is 115 Å². The van der Waals surface area contributed by atoms with Crippen molar-refractivity contribution in [3.05, 3.63) is 93.5 Å². The van der Waals surface area contributed by atoms with E-state index < -0.39 is 18.5 Å². The van der Waals surface area contributed by atoms with Crippen LogP contribution < -0.4 is 20.8 Å². The SMILES string of the molecule is C=P(C)(C)c1c(Nc2nc(Nc3cc(C)c(N4CCC(N5CCN(CCc6cc(F)cc(F)c6)CC5)CC4)cc3CC)ncc2Br)ccc2nc(CC)ncc12. The summed E-state index contributed by atoms with van der Waals surface area (Å²) < 4.78 is 28.0. The maximum Gasteiger partial charge on any atom is 0.229 e. The molecule has 3 aromatic carbocycles. The number of hydrogen-bond donors (Lipinski definition) is 2. The normalized spacial score (nSPS) is 16.1. The molecule has 0 spiro atoms. The zero-order chi connectivity index (χ0) is 39.6. The van der Waals surface area contributed by atoms with Gasteiger partial charge in [0, 0.05) is 104 Å². The number of piperazine rings is 1. The maximum atomic E-state index is 13.6. The standard InChI is InChI=1S/C43H53BrF2N9P/c1-7-30-24-39(55-15-12-33(13-16-55)54-19-17-53(18-20-54)14-11-29-22-31(45)25-32(46)23-29)28(3)21-38(30)51-43-48-27-35(44)42(52-43)50-37-10-9-36-34(41(37)56(4,5)6)26-47-40(8-2)49-36/h9-10,21-27,33H,4,7-8,11-20H2,1-3,5-6H3,(H2,48,50,51,52). The predicted octanol–water partition coefficient (Wildman–Crippen LogP) is 8.54. The molecule has 7 rings (SSSR count). The summed E-state index contributed by atoms with van der Waals surface area (Å²) >= 11 is 3.68. The minimum absolute atomic E-state index is 0.503. The van der Waals surface area contributed by atoms with E-state index >= 15 is 0 Å². The van der Waals surface area contributed by atoms with Crippen molar-refractivity contribution in [2.24, 2.45) is 0 Å². The Morgan fingerprint density at radius 1 is 0.857 bits per heavy atom. The molecular weight excluding hydrogens is 791 g/mol. The van der Waals surface area contributed by atoms with Crippen LogP contribution in [0.4, 0.5) is 37.6 Å². The minimum Gasteiger partial charge on any atom is -0.371 e. The highest BCUT2D eigenvalue weighted by Crippen LogP contribution is 2.41. The lowest BCUT2D eigenvalue weighted by molar-refractivity contribution is 0.0855. The molecule has 2 aromatic heterocycles. The van der Waals surface area contributed by atoms with Crippen LogP contribution in [0.25, 0.3) is 10.9 Å². The lowest BCUT2D eigenvalue weighted by Crippen LogP contribution is -2.53. The van der Waals surface area contributed by atoms with Gasteiger partial charge in [-0.3, -0.25) is 4.90 Å². The molecule has 2 N–H and O–H groups in total. The Bertz CT molecular complexity index is 2230. The van der Waals surface area contributed by atoms with Gasteiger partial charge in [0.05, 0.1) is 9.99 Å². The first kappa shape index (κ1) is 40.2. The molecule has 2 aliphatic rings. The molecule has 2 saturated heterocycles. The van der Waals surface area contributed by atoms with E-state index in [0.29, 0.717) is 24.2 Å². The minimum atomic E-state index is -1.75. The summed E-state index contributed by atoms with van der Waals surface area (Å²) in [5.74, 6) is 1.01. The smallest absolute Gasteiger partial charge is 0.229 e. The summed E-state index contributed by atoms with van der Waals surface area (Å²) in [7, 11) is 0. The van der Waals surface area contributed by atoms with E-state index in [1.165, 1.54) is 28.9 Å². The van der Waals surface area contributed by atoms with Crippen molar-refractivity contribution in [3.63, 3.8) is 0 Å². The molecule has 0 bridgehead atoms. The third-order valence-electron chi connectivity index (χ3n) is 11.1. The molecule has 2 fully saturated rings. The highest BCUT2D eigenvalue weighted by molar-refractivity contribution is 9.10. The van der Waals surface area contributed by atoms with Gasteiger partial charge in [0.15, 0.2) is 0 Å². The summed E-state index contributed by atoms with van der Waals surface area (Å²) in [6.07, 6.45) is 12.9. The fraction of sp³-hybridized carbons (Fsp3) is 0.419. The van der Waals surface area contributed by atoms with Crippen LogP contribution in [0.2, 0.25) is 0 Å². The number of hydrogen-bond acceptors (Lipinski definition) is 9. The number of halogens is 3. The van der Waals surface area contributed by atoms with Crippen molar-refractivity contribution in [3.8, 4) is 0 Å². The molecule has 2 aliphatic heterocycles. The second-order valence-electron chi connectivity index (χ2n) is 15.6. The van der Waals surface area contributed by atoms with Crippen molar-refractivity contribution in [1.29, 1.82) is 0 Å². The van der Waals surface area contributed by atoms with Crippen molar-refractivity contribution in [2.45, 2.75) is 58.9 Å². The van der Waals surface area contributed by atoms with Gasteiger partial charge in [-0.2, -0.15) is 4.98 Å². The molecule has 0 aliphatic carbocycles. The van der Waals surface area contributed by atoms with Gasteiger partial charge in [0.1, 0.15) is 23.3 Å². The van der Waals surface area contributed by atoms with Gasteiger partial charge in [0.2, 0.25) is 5.95 Å². The Morgan fingerprint density at radius 2 is 1.59 bits per heavy atom.